The molecule has 0 aliphatic heterocycles. The minimum Gasteiger partial charge on any atom is -0.464 e. The molecule has 25 heavy (non-hydrogen) atoms. The van der Waals surface area contributed by atoms with Crippen LogP contribution in [0.5, 0.6) is 0 Å². The van der Waals surface area contributed by atoms with E-state index in [1.165, 1.54) is 10.9 Å². The maximum Gasteiger partial charge on any atom is 0.191 e. The summed E-state index contributed by atoms with van der Waals surface area (Å²) < 4.78 is 5.65. The predicted octanol–water partition coefficient (Wildman–Crippen LogP) is 3.55. The van der Waals surface area contributed by atoms with Gasteiger partial charge in [0.1, 0.15) is 17.2 Å². The molecule has 1 atom stereocenters. The number of halogens is 1. The topological polar surface area (TPSA) is 78.2 Å². The zero-order chi connectivity index (χ0) is 16.9. The number of H-pyrrole nitrogens is 1. The number of nitrogens with one attached hydrogen (secondary N) is 3. The van der Waals surface area contributed by atoms with E-state index in [9.17, 15) is 0 Å². The summed E-state index contributed by atoms with van der Waals surface area (Å²) in [5, 5.41) is 7.85. The van der Waals surface area contributed by atoms with Crippen molar-refractivity contribution < 1.29 is 4.42 Å². The van der Waals surface area contributed by atoms with E-state index in [2.05, 4.69) is 38.6 Å². The zero-order valence-corrected chi connectivity index (χ0v) is 17.0. The van der Waals surface area contributed by atoms with E-state index in [4.69, 9.17) is 4.42 Å². The average molecular weight is 453 g/mol. The summed E-state index contributed by atoms with van der Waals surface area (Å²) in [6.45, 7) is 4.78. The Labute approximate surface area is 164 Å². The van der Waals surface area contributed by atoms with Crippen molar-refractivity contribution in [2.75, 3.05) is 13.6 Å². The zero-order valence-electron chi connectivity index (χ0n) is 14.7. The quantitative estimate of drug-likeness (QED) is 0.314. The summed E-state index contributed by atoms with van der Waals surface area (Å²) in [5.74, 6) is 2.57. The van der Waals surface area contributed by atoms with E-state index >= 15 is 0 Å². The number of hydrogen-bond acceptors (Lipinski definition) is 3. The van der Waals surface area contributed by atoms with Crippen LogP contribution in [-0.2, 0) is 6.42 Å². The molecule has 3 aromatic heterocycles. The van der Waals surface area contributed by atoms with E-state index in [0.29, 0.717) is 0 Å². The molecule has 7 heteroatoms. The molecular weight excluding hydrogens is 429 g/mol. The van der Waals surface area contributed by atoms with Gasteiger partial charge in [0.05, 0.1) is 6.04 Å². The van der Waals surface area contributed by atoms with Gasteiger partial charge >= 0.3 is 0 Å². The largest absolute Gasteiger partial charge is 0.464 e. The molecule has 0 bridgehead atoms. The summed E-state index contributed by atoms with van der Waals surface area (Å²) in [7, 11) is 1.77. The number of guanidine groups is 1. The highest BCUT2D eigenvalue weighted by molar-refractivity contribution is 14.0. The summed E-state index contributed by atoms with van der Waals surface area (Å²) in [6.07, 6.45) is 4.70. The molecule has 1 unspecified atom stereocenters. The van der Waals surface area contributed by atoms with Crippen molar-refractivity contribution in [3.05, 3.63) is 53.7 Å². The molecule has 3 heterocycles. The second-order valence-electron chi connectivity index (χ2n) is 5.78. The van der Waals surface area contributed by atoms with Gasteiger partial charge in [-0.1, -0.05) is 0 Å². The lowest BCUT2D eigenvalue weighted by Gasteiger charge is -2.16. The smallest absolute Gasteiger partial charge is 0.191 e. The first-order valence-electron chi connectivity index (χ1n) is 8.12. The van der Waals surface area contributed by atoms with Crippen molar-refractivity contribution >= 4 is 41.0 Å². The number of aryl methyl sites for hydroxylation is 1. The van der Waals surface area contributed by atoms with Crippen LogP contribution in [-0.4, -0.2) is 29.5 Å². The number of aliphatic imine (C=N–C) groups is 1. The number of furan rings is 1. The summed E-state index contributed by atoms with van der Waals surface area (Å²) in [5.41, 5.74) is 2.17. The second kappa shape index (κ2) is 8.89. The van der Waals surface area contributed by atoms with E-state index in [-0.39, 0.29) is 30.0 Å². The van der Waals surface area contributed by atoms with Gasteiger partial charge in [-0.2, -0.15) is 0 Å². The molecule has 0 saturated carbocycles. The summed E-state index contributed by atoms with van der Waals surface area (Å²) >= 11 is 0. The SMILES string of the molecule is CN=C(NCCc1c[nH]c2ncccc12)NC(C)c1ccc(C)o1.I. The maximum atomic E-state index is 5.65. The number of pyridine rings is 1. The summed E-state index contributed by atoms with van der Waals surface area (Å²) in [4.78, 5) is 11.8. The predicted molar refractivity (Wildman–Crippen MR) is 112 cm³/mol. The first kappa shape index (κ1) is 19.3. The molecule has 0 spiro atoms. The Morgan fingerprint density at radius 3 is 2.92 bits per heavy atom. The molecule has 3 N–H and O–H groups in total. The third kappa shape index (κ3) is 4.75. The third-order valence-corrected chi connectivity index (χ3v) is 3.99. The monoisotopic (exact) mass is 453 g/mol. The number of aromatic nitrogens is 2. The molecule has 134 valence electrons. The first-order valence-corrected chi connectivity index (χ1v) is 8.12. The molecule has 0 aliphatic carbocycles. The second-order valence-corrected chi connectivity index (χ2v) is 5.78. The van der Waals surface area contributed by atoms with Crippen LogP contribution in [0.3, 0.4) is 0 Å². The fraction of sp³-hybridized carbons (Fsp3) is 0.333. The van der Waals surface area contributed by atoms with Crippen LogP contribution in [0.2, 0.25) is 0 Å². The number of rotatable bonds is 5. The van der Waals surface area contributed by atoms with E-state index < -0.39 is 0 Å². The molecule has 0 amide bonds. The number of nitrogens with zero attached hydrogens (tertiary/aromatic N) is 2. The van der Waals surface area contributed by atoms with Crippen LogP contribution >= 0.6 is 24.0 Å². The average Bonchev–Trinajstić information content (AvgIpc) is 3.20. The molecule has 3 aromatic rings. The highest BCUT2D eigenvalue weighted by Gasteiger charge is 2.11. The molecule has 0 aromatic carbocycles. The Bertz CT molecular complexity index is 839. The van der Waals surface area contributed by atoms with Gasteiger partial charge in [-0.3, -0.25) is 4.99 Å². The Morgan fingerprint density at radius 1 is 1.36 bits per heavy atom. The van der Waals surface area contributed by atoms with Crippen molar-refractivity contribution in [2.24, 2.45) is 4.99 Å². The normalized spacial score (nSPS) is 12.7. The van der Waals surface area contributed by atoms with Gasteiger partial charge in [0.2, 0.25) is 0 Å². The Balaban J connectivity index is 0.00000225. The van der Waals surface area contributed by atoms with Gasteiger partial charge < -0.3 is 20.0 Å². The van der Waals surface area contributed by atoms with Crippen LogP contribution in [0, 0.1) is 6.92 Å². The maximum absolute atomic E-state index is 5.65. The number of aromatic amines is 1. The standard InChI is InChI=1S/C18H23N5O.HI/c1-12-6-7-16(24-12)13(2)23-18(19-3)21-10-8-14-11-22-17-15(14)5-4-9-20-17;/h4-7,9,11,13H,8,10H2,1-3H3,(H,20,22)(H2,19,21,23);1H. The number of fused-ring (bicyclic) bond motifs is 1. The van der Waals surface area contributed by atoms with Gasteiger partial charge in [0.25, 0.3) is 0 Å². The highest BCUT2D eigenvalue weighted by Crippen LogP contribution is 2.16. The van der Waals surface area contributed by atoms with Gasteiger partial charge in [0.15, 0.2) is 5.96 Å². The lowest BCUT2D eigenvalue weighted by atomic mass is 10.1. The minimum absolute atomic E-state index is 0. The van der Waals surface area contributed by atoms with Crippen LogP contribution in [0.1, 0.15) is 30.0 Å². The van der Waals surface area contributed by atoms with Crippen LogP contribution in [0.4, 0.5) is 0 Å². The van der Waals surface area contributed by atoms with E-state index in [1.54, 1.807) is 13.2 Å². The van der Waals surface area contributed by atoms with Gasteiger partial charge in [-0.15, -0.1) is 24.0 Å². The highest BCUT2D eigenvalue weighted by atomic mass is 127. The Morgan fingerprint density at radius 2 is 2.20 bits per heavy atom. The van der Waals surface area contributed by atoms with Crippen molar-refractivity contribution in [3.8, 4) is 0 Å². The van der Waals surface area contributed by atoms with Gasteiger partial charge in [-0.25, -0.2) is 4.98 Å². The molecule has 0 aliphatic rings. The van der Waals surface area contributed by atoms with Crippen LogP contribution in [0.15, 0.2) is 46.1 Å². The molecular formula is C18H24IN5O. The number of hydrogen-bond donors (Lipinski definition) is 3. The fourth-order valence-electron chi connectivity index (χ4n) is 2.69. The lowest BCUT2D eigenvalue weighted by Crippen LogP contribution is -2.39. The van der Waals surface area contributed by atoms with Gasteiger partial charge in [0, 0.05) is 31.4 Å². The summed E-state index contributed by atoms with van der Waals surface area (Å²) in [6, 6.07) is 8.05. The van der Waals surface area contributed by atoms with Crippen molar-refractivity contribution in [1.29, 1.82) is 0 Å². The van der Waals surface area contributed by atoms with Crippen LogP contribution in [0.25, 0.3) is 11.0 Å². The van der Waals surface area contributed by atoms with Crippen LogP contribution < -0.4 is 10.6 Å². The van der Waals surface area contributed by atoms with E-state index in [0.717, 1.165) is 36.1 Å². The van der Waals surface area contributed by atoms with Crippen molar-refractivity contribution in [2.45, 2.75) is 26.3 Å². The van der Waals surface area contributed by atoms with E-state index in [1.807, 2.05) is 31.3 Å². The minimum atomic E-state index is 0. The molecule has 3 rings (SSSR count). The molecule has 0 radical (unpaired) electrons. The van der Waals surface area contributed by atoms with Gasteiger partial charge in [-0.05, 0) is 50.1 Å². The Kier molecular flexibility index (Phi) is 6.86. The van der Waals surface area contributed by atoms with Crippen molar-refractivity contribution in [3.63, 3.8) is 0 Å². The third-order valence-electron chi connectivity index (χ3n) is 3.99. The first-order chi connectivity index (χ1) is 11.7. The molecule has 0 fully saturated rings. The molecule has 6 nitrogen and oxygen atoms in total. The fourth-order valence-corrected chi connectivity index (χ4v) is 2.69. The Hall–Kier alpha value is -2.03. The molecule has 0 saturated heterocycles. The van der Waals surface area contributed by atoms with Crippen molar-refractivity contribution in [1.82, 2.24) is 20.6 Å². The lowest BCUT2D eigenvalue weighted by molar-refractivity contribution is 0.441.